The van der Waals surface area contributed by atoms with Crippen LogP contribution < -0.4 is 15.5 Å². The van der Waals surface area contributed by atoms with Gasteiger partial charge in [0.05, 0.1) is 16.7 Å². The number of anilines is 1. The maximum Gasteiger partial charge on any atom is 0.229 e. The molecule has 1 unspecified atom stereocenters. The summed E-state index contributed by atoms with van der Waals surface area (Å²) in [4.78, 5) is 24.7. The fraction of sp³-hybridized carbons (Fsp3) is 0.450. The van der Waals surface area contributed by atoms with E-state index in [4.69, 9.17) is 0 Å². The molecule has 2 heterocycles. The van der Waals surface area contributed by atoms with Crippen LogP contribution in [0.15, 0.2) is 35.3 Å². The van der Waals surface area contributed by atoms with Gasteiger partial charge in [-0.15, -0.1) is 35.3 Å². The van der Waals surface area contributed by atoms with Crippen molar-refractivity contribution in [2.24, 2.45) is 4.99 Å². The molecular weight excluding hydrogens is 485 g/mol. The van der Waals surface area contributed by atoms with Gasteiger partial charge in [-0.05, 0) is 32.9 Å². The van der Waals surface area contributed by atoms with Gasteiger partial charge in [-0.1, -0.05) is 18.2 Å². The van der Waals surface area contributed by atoms with E-state index in [1.807, 2.05) is 56.0 Å². The first-order valence-electron chi connectivity index (χ1n) is 9.40. The van der Waals surface area contributed by atoms with Crippen LogP contribution in [0.2, 0.25) is 0 Å². The largest absolute Gasteiger partial charge is 0.357 e. The Hall–Kier alpha value is -1.68. The van der Waals surface area contributed by atoms with Crippen LogP contribution in [0.5, 0.6) is 0 Å². The molecule has 1 aliphatic rings. The van der Waals surface area contributed by atoms with Crippen LogP contribution in [0.1, 0.15) is 28.9 Å². The number of aliphatic imine (C=N–C) groups is 1. The van der Waals surface area contributed by atoms with Crippen molar-refractivity contribution in [3.63, 3.8) is 0 Å². The van der Waals surface area contributed by atoms with Crippen molar-refractivity contribution in [2.75, 3.05) is 24.5 Å². The second kappa shape index (κ2) is 10.8. The SMILES string of the molecule is CCNC(=NCCc1sc(C)nc1C)NC1CC(=O)N(c2ccccc2)C1.I. The van der Waals surface area contributed by atoms with Crippen LogP contribution in [-0.4, -0.2) is 42.5 Å². The zero-order chi connectivity index (χ0) is 19.2. The molecule has 0 saturated carbocycles. The van der Waals surface area contributed by atoms with Crippen molar-refractivity contribution < 1.29 is 4.79 Å². The summed E-state index contributed by atoms with van der Waals surface area (Å²) in [5.74, 6) is 0.911. The van der Waals surface area contributed by atoms with Gasteiger partial charge in [-0.25, -0.2) is 4.98 Å². The summed E-state index contributed by atoms with van der Waals surface area (Å²) in [5, 5.41) is 7.80. The van der Waals surface area contributed by atoms with Gasteiger partial charge in [0.1, 0.15) is 0 Å². The van der Waals surface area contributed by atoms with E-state index in [2.05, 4.69) is 20.6 Å². The number of nitrogens with one attached hydrogen (secondary N) is 2. The number of aromatic nitrogens is 1. The number of nitrogens with zero attached hydrogens (tertiary/aromatic N) is 3. The Balaban J connectivity index is 0.00000280. The Labute approximate surface area is 187 Å². The van der Waals surface area contributed by atoms with Crippen LogP contribution in [0, 0.1) is 13.8 Å². The van der Waals surface area contributed by atoms with E-state index >= 15 is 0 Å². The summed E-state index contributed by atoms with van der Waals surface area (Å²) in [6, 6.07) is 9.87. The lowest BCUT2D eigenvalue weighted by molar-refractivity contribution is -0.117. The topological polar surface area (TPSA) is 69.6 Å². The quantitative estimate of drug-likeness (QED) is 0.354. The van der Waals surface area contributed by atoms with E-state index in [1.54, 1.807) is 11.3 Å². The van der Waals surface area contributed by atoms with Gasteiger partial charge in [0.15, 0.2) is 5.96 Å². The molecular formula is C20H28IN5OS. The van der Waals surface area contributed by atoms with Gasteiger partial charge in [-0.3, -0.25) is 9.79 Å². The Kier molecular flexibility index (Phi) is 8.68. The molecule has 1 saturated heterocycles. The highest BCUT2D eigenvalue weighted by atomic mass is 127. The van der Waals surface area contributed by atoms with Crippen LogP contribution in [0.4, 0.5) is 5.69 Å². The average Bonchev–Trinajstić information content (AvgIpc) is 3.17. The number of hydrogen-bond donors (Lipinski definition) is 2. The molecule has 1 aromatic carbocycles. The molecule has 28 heavy (non-hydrogen) atoms. The second-order valence-corrected chi connectivity index (χ2v) is 7.93. The number of carbonyl (C=O) groups is 1. The summed E-state index contributed by atoms with van der Waals surface area (Å²) in [6.07, 6.45) is 1.36. The Morgan fingerprint density at radius 1 is 1.32 bits per heavy atom. The molecule has 3 rings (SSSR count). The molecule has 0 aliphatic carbocycles. The summed E-state index contributed by atoms with van der Waals surface area (Å²) >= 11 is 1.74. The number of amides is 1. The van der Waals surface area contributed by atoms with E-state index in [1.165, 1.54) is 4.88 Å². The van der Waals surface area contributed by atoms with E-state index in [0.29, 0.717) is 19.5 Å². The zero-order valence-corrected chi connectivity index (χ0v) is 19.7. The lowest BCUT2D eigenvalue weighted by Crippen LogP contribution is -2.44. The Bertz CT molecular complexity index is 808. The number of halogens is 1. The van der Waals surface area contributed by atoms with Gasteiger partial charge < -0.3 is 15.5 Å². The highest BCUT2D eigenvalue weighted by Crippen LogP contribution is 2.21. The molecule has 152 valence electrons. The Morgan fingerprint density at radius 2 is 2.07 bits per heavy atom. The van der Waals surface area contributed by atoms with E-state index in [0.717, 1.165) is 35.3 Å². The minimum absolute atomic E-state index is 0. The number of hydrogen-bond acceptors (Lipinski definition) is 4. The first-order valence-corrected chi connectivity index (χ1v) is 10.2. The summed E-state index contributed by atoms with van der Waals surface area (Å²) in [5.41, 5.74) is 2.05. The third-order valence-corrected chi connectivity index (χ3v) is 5.62. The van der Waals surface area contributed by atoms with E-state index in [9.17, 15) is 4.79 Å². The molecule has 6 nitrogen and oxygen atoms in total. The maximum absolute atomic E-state index is 12.4. The lowest BCUT2D eigenvalue weighted by Gasteiger charge is -2.19. The summed E-state index contributed by atoms with van der Waals surface area (Å²) < 4.78 is 0. The van der Waals surface area contributed by atoms with Crippen LogP contribution in [0.25, 0.3) is 0 Å². The van der Waals surface area contributed by atoms with Gasteiger partial charge in [-0.2, -0.15) is 0 Å². The normalized spacial score (nSPS) is 16.8. The lowest BCUT2D eigenvalue weighted by atomic mass is 10.2. The molecule has 1 amide bonds. The zero-order valence-electron chi connectivity index (χ0n) is 16.6. The number of carbonyl (C=O) groups excluding carboxylic acids is 1. The van der Waals surface area contributed by atoms with Crippen LogP contribution in [0.3, 0.4) is 0 Å². The molecule has 2 aromatic rings. The number of guanidine groups is 1. The van der Waals surface area contributed by atoms with Crippen molar-refractivity contribution in [1.29, 1.82) is 0 Å². The van der Waals surface area contributed by atoms with Crippen molar-refractivity contribution >= 4 is 52.9 Å². The molecule has 8 heteroatoms. The predicted molar refractivity (Wildman–Crippen MR) is 127 cm³/mol. The number of aryl methyl sites for hydroxylation is 2. The number of rotatable bonds is 6. The monoisotopic (exact) mass is 513 g/mol. The van der Waals surface area contributed by atoms with Crippen LogP contribution in [-0.2, 0) is 11.2 Å². The molecule has 1 aliphatic heterocycles. The van der Waals surface area contributed by atoms with Crippen molar-refractivity contribution in [1.82, 2.24) is 15.6 Å². The predicted octanol–water partition coefficient (Wildman–Crippen LogP) is 3.28. The Morgan fingerprint density at radius 3 is 2.71 bits per heavy atom. The highest BCUT2D eigenvalue weighted by Gasteiger charge is 2.31. The standard InChI is InChI=1S/C20H27N5OS.HI/c1-4-21-20(22-11-10-18-14(2)23-15(3)27-18)24-16-12-19(26)25(13-16)17-8-6-5-7-9-17;/h5-9,16H,4,10-13H2,1-3H3,(H2,21,22,24);1H. The molecule has 0 spiro atoms. The van der Waals surface area contributed by atoms with Gasteiger partial charge in [0.25, 0.3) is 0 Å². The van der Waals surface area contributed by atoms with Gasteiger partial charge in [0, 0.05) is 43.0 Å². The van der Waals surface area contributed by atoms with E-state index < -0.39 is 0 Å². The highest BCUT2D eigenvalue weighted by molar-refractivity contribution is 14.0. The molecule has 1 fully saturated rings. The third kappa shape index (κ3) is 5.91. The molecule has 1 atom stereocenters. The molecule has 2 N–H and O–H groups in total. The first-order chi connectivity index (χ1) is 13.1. The third-order valence-electron chi connectivity index (χ3n) is 4.49. The number of benzene rings is 1. The number of thiazole rings is 1. The fourth-order valence-electron chi connectivity index (χ4n) is 3.25. The van der Waals surface area contributed by atoms with Gasteiger partial charge >= 0.3 is 0 Å². The first kappa shape index (κ1) is 22.6. The molecule has 0 radical (unpaired) electrons. The minimum Gasteiger partial charge on any atom is -0.357 e. The van der Waals surface area contributed by atoms with Gasteiger partial charge in [0.2, 0.25) is 5.91 Å². The summed E-state index contributed by atoms with van der Waals surface area (Å²) in [6.45, 7) is 8.26. The second-order valence-electron chi connectivity index (χ2n) is 6.64. The fourth-order valence-corrected chi connectivity index (χ4v) is 4.18. The average molecular weight is 513 g/mol. The van der Waals surface area contributed by atoms with Crippen molar-refractivity contribution in [3.05, 3.63) is 45.9 Å². The molecule has 0 bridgehead atoms. The summed E-state index contributed by atoms with van der Waals surface area (Å²) in [7, 11) is 0. The minimum atomic E-state index is 0. The van der Waals surface area contributed by atoms with Crippen molar-refractivity contribution in [2.45, 2.75) is 39.7 Å². The van der Waals surface area contributed by atoms with Crippen molar-refractivity contribution in [3.8, 4) is 0 Å². The van der Waals surface area contributed by atoms with Crippen LogP contribution >= 0.6 is 35.3 Å². The smallest absolute Gasteiger partial charge is 0.229 e. The molecule has 1 aromatic heterocycles. The van der Waals surface area contributed by atoms with E-state index in [-0.39, 0.29) is 35.9 Å². The maximum atomic E-state index is 12.4. The number of para-hydroxylation sites is 1.